The van der Waals surface area contributed by atoms with Crippen LogP contribution in [-0.2, 0) is 4.79 Å². The van der Waals surface area contributed by atoms with Gasteiger partial charge >= 0.3 is 0 Å². The van der Waals surface area contributed by atoms with Crippen LogP contribution in [-0.4, -0.2) is 23.4 Å². The van der Waals surface area contributed by atoms with Crippen LogP contribution < -0.4 is 10.6 Å². The van der Waals surface area contributed by atoms with Crippen molar-refractivity contribution in [2.45, 2.75) is 33.1 Å². The van der Waals surface area contributed by atoms with Crippen molar-refractivity contribution >= 4 is 39.5 Å². The molecule has 1 saturated heterocycles. The molecule has 2 bridgehead atoms. The molecule has 1 unspecified atom stereocenters. The van der Waals surface area contributed by atoms with Gasteiger partial charge in [0.2, 0.25) is 5.96 Å². The number of nitrogens with one attached hydrogen (secondary N) is 2. The van der Waals surface area contributed by atoms with E-state index in [1.54, 1.807) is 11.3 Å². The van der Waals surface area contributed by atoms with E-state index in [1.807, 2.05) is 23.7 Å². The molecule has 0 spiro atoms. The summed E-state index contributed by atoms with van der Waals surface area (Å²) in [4.78, 5) is 21.3. The molecule has 2 N–H and O–H groups in total. The highest BCUT2D eigenvalue weighted by Crippen LogP contribution is 2.58. The van der Waals surface area contributed by atoms with E-state index in [-0.39, 0.29) is 5.91 Å². The number of guanidine groups is 1. The lowest BCUT2D eigenvalue weighted by atomic mass is 9.71. The normalized spacial score (nSPS) is 31.8. The second-order valence-corrected chi connectivity index (χ2v) is 9.69. The molecule has 2 heterocycles. The summed E-state index contributed by atoms with van der Waals surface area (Å²) in [6.45, 7) is 5.59. The van der Waals surface area contributed by atoms with Crippen LogP contribution >= 0.6 is 11.3 Å². The first kappa shape index (κ1) is 16.9. The SMILES string of the molecule is CC1(C)CC2C[C@@H](CN=C3NC(=O)/C(=C/c4ccc5ncsc5c4)N3)[C@H]1C2. The number of carbonyl (C=O) groups excluding carboxylic acids is 1. The van der Waals surface area contributed by atoms with E-state index >= 15 is 0 Å². The molecule has 3 atom stereocenters. The Labute approximate surface area is 163 Å². The molecule has 1 aromatic heterocycles. The van der Waals surface area contributed by atoms with Crippen LogP contribution in [0.3, 0.4) is 0 Å². The van der Waals surface area contributed by atoms with Crippen LogP contribution in [0, 0.1) is 23.2 Å². The number of hydrogen-bond donors (Lipinski definition) is 2. The summed E-state index contributed by atoms with van der Waals surface area (Å²) >= 11 is 1.60. The summed E-state index contributed by atoms with van der Waals surface area (Å²) in [7, 11) is 0. The molecule has 1 amide bonds. The molecule has 0 radical (unpaired) electrons. The minimum atomic E-state index is -0.119. The zero-order chi connectivity index (χ0) is 18.6. The van der Waals surface area contributed by atoms with Crippen LogP contribution in [0.5, 0.6) is 0 Å². The Morgan fingerprint density at radius 1 is 1.33 bits per heavy atom. The molecule has 1 aliphatic heterocycles. The smallest absolute Gasteiger partial charge is 0.274 e. The standard InChI is InChI=1S/C21H24N4OS/c1-21(2)9-13-5-14(15(21)6-13)10-22-20-24-17(19(26)25-20)7-12-3-4-16-18(8-12)27-11-23-16/h3-4,7-8,11,13-15H,5-6,9-10H2,1-2H3,(H2,22,24,25,26)/b17-7-/t13?,14-,15+/m0/s1. The van der Waals surface area contributed by atoms with Crippen molar-refractivity contribution in [3.8, 4) is 0 Å². The van der Waals surface area contributed by atoms with E-state index < -0.39 is 0 Å². The third kappa shape index (κ3) is 3.06. The first-order chi connectivity index (χ1) is 13.0. The lowest BCUT2D eigenvalue weighted by molar-refractivity contribution is -0.115. The van der Waals surface area contributed by atoms with Crippen molar-refractivity contribution in [2.75, 3.05) is 6.54 Å². The van der Waals surface area contributed by atoms with E-state index in [4.69, 9.17) is 4.99 Å². The minimum Gasteiger partial charge on any atom is -0.321 e. The van der Waals surface area contributed by atoms with Gasteiger partial charge in [-0.3, -0.25) is 15.1 Å². The minimum absolute atomic E-state index is 0.119. The number of rotatable bonds is 3. The first-order valence-corrected chi connectivity index (χ1v) is 10.5. The number of benzene rings is 1. The van der Waals surface area contributed by atoms with Crippen molar-refractivity contribution in [2.24, 2.45) is 28.2 Å². The largest absolute Gasteiger partial charge is 0.321 e. The highest BCUT2D eigenvalue weighted by molar-refractivity contribution is 7.16. The van der Waals surface area contributed by atoms with Gasteiger partial charge in [0.15, 0.2) is 0 Å². The van der Waals surface area contributed by atoms with Crippen LogP contribution in [0.15, 0.2) is 34.4 Å². The van der Waals surface area contributed by atoms with Crippen LogP contribution in [0.25, 0.3) is 16.3 Å². The Kier molecular flexibility index (Phi) is 3.86. The molecule has 3 fully saturated rings. The lowest BCUT2D eigenvalue weighted by Gasteiger charge is -2.35. The van der Waals surface area contributed by atoms with Gasteiger partial charge in [0.1, 0.15) is 5.70 Å². The number of thiazole rings is 1. The maximum absolute atomic E-state index is 12.3. The summed E-state index contributed by atoms with van der Waals surface area (Å²) in [5, 5.41) is 6.03. The van der Waals surface area contributed by atoms with E-state index in [2.05, 4.69) is 35.5 Å². The molecule has 2 aliphatic carbocycles. The predicted octanol–water partition coefficient (Wildman–Crippen LogP) is 3.78. The maximum atomic E-state index is 12.3. The zero-order valence-corrected chi connectivity index (χ0v) is 16.5. The zero-order valence-electron chi connectivity index (χ0n) is 15.7. The maximum Gasteiger partial charge on any atom is 0.274 e. The number of aliphatic imine (C=N–C) groups is 1. The Morgan fingerprint density at radius 2 is 2.22 bits per heavy atom. The van der Waals surface area contributed by atoms with Gasteiger partial charge in [0.25, 0.3) is 5.91 Å². The Hall–Kier alpha value is -2.21. The monoisotopic (exact) mass is 380 g/mol. The molecule has 6 heteroatoms. The fourth-order valence-electron chi connectivity index (χ4n) is 5.37. The molecule has 2 saturated carbocycles. The van der Waals surface area contributed by atoms with Gasteiger partial charge < -0.3 is 5.32 Å². The molecule has 5 nitrogen and oxygen atoms in total. The fourth-order valence-corrected chi connectivity index (χ4v) is 6.09. The highest BCUT2D eigenvalue weighted by Gasteiger charge is 2.50. The summed E-state index contributed by atoms with van der Waals surface area (Å²) in [6, 6.07) is 6.02. The first-order valence-electron chi connectivity index (χ1n) is 9.66. The molecular weight excluding hydrogens is 356 g/mol. The van der Waals surface area contributed by atoms with Crippen molar-refractivity contribution in [3.63, 3.8) is 0 Å². The van der Waals surface area contributed by atoms with Crippen LogP contribution in [0.1, 0.15) is 38.7 Å². The van der Waals surface area contributed by atoms with Crippen LogP contribution in [0.4, 0.5) is 0 Å². The molecular formula is C21H24N4OS. The lowest BCUT2D eigenvalue weighted by Crippen LogP contribution is -2.31. The molecule has 1 aromatic carbocycles. The van der Waals surface area contributed by atoms with Crippen LogP contribution in [0.2, 0.25) is 0 Å². The van der Waals surface area contributed by atoms with Gasteiger partial charge in [0, 0.05) is 6.54 Å². The number of amides is 1. The highest BCUT2D eigenvalue weighted by atomic mass is 32.1. The fraction of sp³-hybridized carbons (Fsp3) is 0.476. The second kappa shape index (κ2) is 6.16. The van der Waals surface area contributed by atoms with Gasteiger partial charge in [-0.2, -0.15) is 0 Å². The Morgan fingerprint density at radius 3 is 3.04 bits per heavy atom. The number of fused-ring (bicyclic) bond motifs is 3. The quantitative estimate of drug-likeness (QED) is 0.796. The van der Waals surface area contributed by atoms with E-state index in [1.165, 1.54) is 19.3 Å². The van der Waals surface area contributed by atoms with E-state index in [0.717, 1.165) is 34.2 Å². The average molecular weight is 381 g/mol. The molecule has 27 heavy (non-hydrogen) atoms. The average Bonchev–Trinajstić information content (AvgIpc) is 3.36. The topological polar surface area (TPSA) is 66.4 Å². The van der Waals surface area contributed by atoms with Gasteiger partial charge in [-0.15, -0.1) is 11.3 Å². The van der Waals surface area contributed by atoms with Crippen molar-refractivity contribution in [1.82, 2.24) is 15.6 Å². The van der Waals surface area contributed by atoms with Crippen molar-refractivity contribution in [3.05, 3.63) is 35.0 Å². The van der Waals surface area contributed by atoms with Crippen molar-refractivity contribution < 1.29 is 4.79 Å². The summed E-state index contributed by atoms with van der Waals surface area (Å²) < 4.78 is 1.12. The van der Waals surface area contributed by atoms with E-state index in [9.17, 15) is 4.79 Å². The number of nitrogens with zero attached hydrogens (tertiary/aromatic N) is 2. The molecule has 3 aliphatic rings. The predicted molar refractivity (Wildman–Crippen MR) is 109 cm³/mol. The third-order valence-electron chi connectivity index (χ3n) is 6.49. The van der Waals surface area contributed by atoms with Gasteiger partial charge in [0.05, 0.1) is 15.7 Å². The number of carbonyl (C=O) groups is 1. The summed E-state index contributed by atoms with van der Waals surface area (Å²) in [5.74, 6) is 2.76. The van der Waals surface area contributed by atoms with Crippen molar-refractivity contribution in [1.29, 1.82) is 0 Å². The van der Waals surface area contributed by atoms with Gasteiger partial charge in [-0.25, -0.2) is 4.98 Å². The second-order valence-electron chi connectivity index (χ2n) is 8.80. The molecule has 5 rings (SSSR count). The number of hydrogen-bond acceptors (Lipinski definition) is 4. The molecule has 2 aromatic rings. The van der Waals surface area contributed by atoms with Gasteiger partial charge in [-0.05, 0) is 66.2 Å². The Balaban J connectivity index is 1.29. The van der Waals surface area contributed by atoms with Gasteiger partial charge in [-0.1, -0.05) is 19.9 Å². The summed E-state index contributed by atoms with van der Waals surface area (Å²) in [5.41, 5.74) is 4.80. The summed E-state index contributed by atoms with van der Waals surface area (Å²) in [6.07, 6.45) is 5.87. The molecule has 140 valence electrons. The third-order valence-corrected chi connectivity index (χ3v) is 7.28. The number of aromatic nitrogens is 1. The Bertz CT molecular complexity index is 973. The van der Waals surface area contributed by atoms with E-state index in [0.29, 0.717) is 23.0 Å².